The summed E-state index contributed by atoms with van der Waals surface area (Å²) in [6.45, 7) is 2.18. The van der Waals surface area contributed by atoms with Crippen LogP contribution in [0.3, 0.4) is 0 Å². The minimum atomic E-state index is -3.45. The van der Waals surface area contributed by atoms with E-state index in [1.165, 1.54) is 24.3 Å². The number of rotatable bonds is 5. The van der Waals surface area contributed by atoms with Crippen LogP contribution in [-0.4, -0.2) is 25.6 Å². The molecule has 0 saturated carbocycles. The number of hydrogen-bond acceptors (Lipinski definition) is 5. The van der Waals surface area contributed by atoms with Gasteiger partial charge in [0, 0.05) is 25.2 Å². The van der Waals surface area contributed by atoms with Crippen LogP contribution in [0.1, 0.15) is 17.5 Å². The summed E-state index contributed by atoms with van der Waals surface area (Å²) in [6.07, 6.45) is 0.475. The molecule has 0 bridgehead atoms. The highest BCUT2D eigenvalue weighted by atomic mass is 35.5. The Bertz CT molecular complexity index is 990. The molecule has 7 nitrogen and oxygen atoms in total. The zero-order chi connectivity index (χ0) is 19.8. The number of non-ortho nitro benzene ring substituents is 1. The number of hydrogen-bond donors (Lipinski definition) is 1. The highest BCUT2D eigenvalue weighted by Gasteiger charge is 2.30. The molecule has 0 radical (unpaired) electrons. The van der Waals surface area contributed by atoms with E-state index in [4.69, 9.17) is 11.6 Å². The van der Waals surface area contributed by atoms with Gasteiger partial charge in [-0.25, -0.2) is 12.8 Å². The van der Waals surface area contributed by atoms with Crippen molar-refractivity contribution in [3.05, 3.63) is 62.4 Å². The van der Waals surface area contributed by atoms with Crippen LogP contribution in [-0.2, 0) is 16.6 Å². The summed E-state index contributed by atoms with van der Waals surface area (Å²) in [5.74, 6) is -0.598. The zero-order valence-electron chi connectivity index (χ0n) is 14.4. The maximum Gasteiger partial charge on any atom is 0.271 e. The molecule has 0 aliphatic carbocycles. The second-order valence-electron chi connectivity index (χ2n) is 6.26. The van der Waals surface area contributed by atoms with Crippen molar-refractivity contribution in [2.45, 2.75) is 19.9 Å². The fraction of sp³-hybridized carbons (Fsp3) is 0.294. The molecule has 1 N–H and O–H groups in total. The first-order valence-corrected chi connectivity index (χ1v) is 10.1. The van der Waals surface area contributed by atoms with Crippen molar-refractivity contribution >= 4 is 38.7 Å². The predicted molar refractivity (Wildman–Crippen MR) is 102 cm³/mol. The molecule has 1 fully saturated rings. The smallest absolute Gasteiger partial charge is 0.271 e. The van der Waals surface area contributed by atoms with E-state index in [0.29, 0.717) is 23.2 Å². The van der Waals surface area contributed by atoms with Crippen LogP contribution in [0.2, 0.25) is 5.02 Å². The minimum absolute atomic E-state index is 0.0215. The van der Waals surface area contributed by atoms with Crippen LogP contribution in [0.4, 0.5) is 21.5 Å². The van der Waals surface area contributed by atoms with E-state index in [1.807, 2.05) is 0 Å². The van der Waals surface area contributed by atoms with Crippen LogP contribution in [0.25, 0.3) is 0 Å². The Labute approximate surface area is 160 Å². The van der Waals surface area contributed by atoms with Gasteiger partial charge in [-0.3, -0.25) is 14.4 Å². The molecular weight excluding hydrogens is 397 g/mol. The van der Waals surface area contributed by atoms with Crippen molar-refractivity contribution in [1.82, 2.24) is 0 Å². The van der Waals surface area contributed by atoms with Crippen molar-refractivity contribution in [2.75, 3.05) is 21.9 Å². The van der Waals surface area contributed by atoms with Gasteiger partial charge in [-0.1, -0.05) is 17.7 Å². The number of aryl methyl sites for hydroxylation is 1. The summed E-state index contributed by atoms with van der Waals surface area (Å²) in [4.78, 5) is 10.3. The normalized spacial score (nSPS) is 15.7. The standard InChI is InChI=1S/C17H17ClFN3O4S/c1-11-7-13(22(23)24)9-14(18)17(11)20-10-12-3-4-16(15(19)8-12)21-5-2-6-27(21,25)26/h3-4,7-9,20H,2,5-6,10H2,1H3. The van der Waals surface area contributed by atoms with Gasteiger partial charge in [0.25, 0.3) is 5.69 Å². The van der Waals surface area contributed by atoms with E-state index in [2.05, 4.69) is 5.32 Å². The SMILES string of the molecule is Cc1cc([N+](=O)[O-])cc(Cl)c1NCc1ccc(N2CCCS2(=O)=O)c(F)c1. The topological polar surface area (TPSA) is 92.6 Å². The Morgan fingerprint density at radius 3 is 2.63 bits per heavy atom. The van der Waals surface area contributed by atoms with Gasteiger partial charge < -0.3 is 5.32 Å². The molecule has 1 saturated heterocycles. The summed E-state index contributed by atoms with van der Waals surface area (Å²) in [6, 6.07) is 6.99. The number of nitrogens with zero attached hydrogens (tertiary/aromatic N) is 2. The molecule has 27 heavy (non-hydrogen) atoms. The van der Waals surface area contributed by atoms with Gasteiger partial charge in [0.15, 0.2) is 0 Å². The molecule has 3 rings (SSSR count). The Kier molecular flexibility index (Phi) is 5.25. The fourth-order valence-electron chi connectivity index (χ4n) is 3.02. The molecule has 1 heterocycles. The molecule has 0 spiro atoms. The summed E-state index contributed by atoms with van der Waals surface area (Å²) in [5, 5.41) is 14.1. The largest absolute Gasteiger partial charge is 0.380 e. The van der Waals surface area contributed by atoms with Crippen LogP contribution in [0.5, 0.6) is 0 Å². The Morgan fingerprint density at radius 2 is 2.07 bits per heavy atom. The van der Waals surface area contributed by atoms with Crippen molar-refractivity contribution in [2.24, 2.45) is 0 Å². The molecule has 2 aromatic carbocycles. The monoisotopic (exact) mass is 413 g/mol. The molecule has 1 aliphatic rings. The minimum Gasteiger partial charge on any atom is -0.380 e. The van der Waals surface area contributed by atoms with E-state index in [1.54, 1.807) is 13.0 Å². The average molecular weight is 414 g/mol. The van der Waals surface area contributed by atoms with Gasteiger partial charge in [0.2, 0.25) is 10.0 Å². The lowest BCUT2D eigenvalue weighted by atomic mass is 10.1. The summed E-state index contributed by atoms with van der Waals surface area (Å²) in [5.41, 5.74) is 1.64. The van der Waals surface area contributed by atoms with Crippen LogP contribution in [0.15, 0.2) is 30.3 Å². The molecule has 0 amide bonds. The highest BCUT2D eigenvalue weighted by Crippen LogP contribution is 2.32. The van der Waals surface area contributed by atoms with Gasteiger partial charge in [0.1, 0.15) is 5.82 Å². The first-order chi connectivity index (χ1) is 12.7. The highest BCUT2D eigenvalue weighted by molar-refractivity contribution is 7.93. The zero-order valence-corrected chi connectivity index (χ0v) is 16.0. The molecule has 1 aliphatic heterocycles. The predicted octanol–water partition coefficient (Wildman–Crippen LogP) is 3.85. The number of nitro benzene ring substituents is 1. The van der Waals surface area contributed by atoms with Crippen molar-refractivity contribution in [3.8, 4) is 0 Å². The lowest BCUT2D eigenvalue weighted by Crippen LogP contribution is -2.26. The number of sulfonamides is 1. The molecule has 2 aromatic rings. The number of halogens is 2. The molecule has 0 atom stereocenters. The van der Waals surface area contributed by atoms with E-state index in [9.17, 15) is 22.9 Å². The number of anilines is 2. The van der Waals surface area contributed by atoms with Gasteiger partial charge in [-0.2, -0.15) is 0 Å². The molecule has 0 unspecified atom stereocenters. The molecule has 0 aromatic heterocycles. The van der Waals surface area contributed by atoms with Crippen molar-refractivity contribution in [3.63, 3.8) is 0 Å². The molecule has 10 heteroatoms. The van der Waals surface area contributed by atoms with Crippen LogP contribution >= 0.6 is 11.6 Å². The van der Waals surface area contributed by atoms with Crippen LogP contribution < -0.4 is 9.62 Å². The molecule has 144 valence electrons. The Morgan fingerprint density at radius 1 is 1.33 bits per heavy atom. The van der Waals surface area contributed by atoms with Crippen molar-refractivity contribution < 1.29 is 17.7 Å². The maximum absolute atomic E-state index is 14.4. The second kappa shape index (κ2) is 7.32. The Hall–Kier alpha value is -2.39. The van der Waals surface area contributed by atoms with Gasteiger partial charge in [0.05, 0.1) is 27.1 Å². The summed E-state index contributed by atoms with van der Waals surface area (Å²) >= 11 is 6.10. The van der Waals surface area contributed by atoms with Crippen molar-refractivity contribution in [1.29, 1.82) is 0 Å². The first-order valence-electron chi connectivity index (χ1n) is 8.16. The Balaban J connectivity index is 1.78. The third-order valence-corrected chi connectivity index (χ3v) is 6.49. The average Bonchev–Trinajstić information content (AvgIpc) is 2.93. The quantitative estimate of drug-likeness (QED) is 0.593. The summed E-state index contributed by atoms with van der Waals surface area (Å²) in [7, 11) is -3.45. The number of nitro groups is 1. The van der Waals surface area contributed by atoms with E-state index >= 15 is 0 Å². The van der Waals surface area contributed by atoms with E-state index in [-0.39, 0.29) is 35.2 Å². The van der Waals surface area contributed by atoms with E-state index < -0.39 is 20.8 Å². The molecular formula is C17H17ClFN3O4S. The summed E-state index contributed by atoms with van der Waals surface area (Å²) < 4.78 is 39.4. The third kappa shape index (κ3) is 3.98. The lowest BCUT2D eigenvalue weighted by molar-refractivity contribution is -0.384. The van der Waals surface area contributed by atoms with Gasteiger partial charge in [-0.15, -0.1) is 0 Å². The lowest BCUT2D eigenvalue weighted by Gasteiger charge is -2.18. The number of benzene rings is 2. The van der Waals surface area contributed by atoms with Gasteiger partial charge >= 0.3 is 0 Å². The van der Waals surface area contributed by atoms with E-state index in [0.717, 1.165) is 4.31 Å². The second-order valence-corrected chi connectivity index (χ2v) is 8.68. The third-order valence-electron chi connectivity index (χ3n) is 4.33. The van der Waals surface area contributed by atoms with Gasteiger partial charge in [-0.05, 0) is 36.6 Å². The van der Waals surface area contributed by atoms with Crippen LogP contribution in [0, 0.1) is 22.9 Å². The first kappa shape index (κ1) is 19.4. The number of nitrogens with one attached hydrogen (secondary N) is 1. The fourth-order valence-corrected chi connectivity index (χ4v) is 4.92. The maximum atomic E-state index is 14.4.